The van der Waals surface area contributed by atoms with Crippen molar-refractivity contribution in [1.29, 1.82) is 0 Å². The Balaban J connectivity index is 1.34. The average molecular weight is 494 g/mol. The second-order valence-electron chi connectivity index (χ2n) is 8.20. The molecule has 2 aromatic carbocycles. The van der Waals surface area contributed by atoms with Crippen LogP contribution in [-0.4, -0.2) is 62.2 Å². The molecular formula is C26H28FN5O4. The second kappa shape index (κ2) is 11.4. The van der Waals surface area contributed by atoms with Gasteiger partial charge in [0.25, 0.3) is 5.91 Å². The highest BCUT2D eigenvalue weighted by molar-refractivity contribution is 5.99. The van der Waals surface area contributed by atoms with Gasteiger partial charge in [-0.1, -0.05) is 6.07 Å². The zero-order valence-electron chi connectivity index (χ0n) is 20.2. The molecule has 4 rings (SSSR count). The molecule has 10 heteroatoms. The van der Waals surface area contributed by atoms with Gasteiger partial charge in [0.05, 0.1) is 26.1 Å². The van der Waals surface area contributed by atoms with E-state index >= 15 is 0 Å². The molecule has 2 N–H and O–H groups in total. The first-order chi connectivity index (χ1) is 17.5. The van der Waals surface area contributed by atoms with E-state index in [-0.39, 0.29) is 5.91 Å². The lowest BCUT2D eigenvalue weighted by molar-refractivity contribution is 0.0766. The zero-order valence-corrected chi connectivity index (χ0v) is 20.2. The van der Waals surface area contributed by atoms with E-state index in [1.807, 2.05) is 11.0 Å². The summed E-state index contributed by atoms with van der Waals surface area (Å²) in [5.41, 5.74) is 1.41. The number of hydrogen-bond donors (Lipinski definition) is 2. The van der Waals surface area contributed by atoms with Crippen molar-refractivity contribution in [1.82, 2.24) is 9.88 Å². The number of aromatic nitrogens is 1. The lowest BCUT2D eigenvalue weighted by Crippen LogP contribution is -2.35. The molecule has 36 heavy (non-hydrogen) atoms. The Bertz CT molecular complexity index is 1220. The molecule has 9 nitrogen and oxygen atoms in total. The summed E-state index contributed by atoms with van der Waals surface area (Å²) in [6.07, 6.45) is 2.36. The summed E-state index contributed by atoms with van der Waals surface area (Å²) in [5, 5.41) is 5.26. The van der Waals surface area contributed by atoms with Crippen LogP contribution in [0, 0.1) is 5.82 Å². The molecule has 0 bridgehead atoms. The van der Waals surface area contributed by atoms with Crippen LogP contribution in [0.25, 0.3) is 0 Å². The first kappa shape index (κ1) is 24.8. The highest BCUT2D eigenvalue weighted by atomic mass is 19.1. The van der Waals surface area contributed by atoms with Crippen LogP contribution in [0.1, 0.15) is 16.8 Å². The van der Waals surface area contributed by atoms with Gasteiger partial charge in [-0.25, -0.2) is 14.2 Å². The number of carbonyl (C=O) groups excluding carboxylic acids is 2. The van der Waals surface area contributed by atoms with Crippen molar-refractivity contribution in [2.75, 3.05) is 55.9 Å². The van der Waals surface area contributed by atoms with E-state index in [1.165, 1.54) is 18.2 Å². The number of benzene rings is 2. The summed E-state index contributed by atoms with van der Waals surface area (Å²) >= 11 is 0. The lowest BCUT2D eigenvalue weighted by atomic mass is 10.1. The van der Waals surface area contributed by atoms with E-state index in [1.54, 1.807) is 50.7 Å². The molecular weight excluding hydrogens is 465 g/mol. The van der Waals surface area contributed by atoms with Crippen LogP contribution in [0.3, 0.4) is 0 Å². The van der Waals surface area contributed by atoms with Crippen molar-refractivity contribution in [2.45, 2.75) is 6.42 Å². The summed E-state index contributed by atoms with van der Waals surface area (Å²) in [7, 11) is 3.10. The number of pyridine rings is 1. The van der Waals surface area contributed by atoms with Crippen LogP contribution in [0.15, 0.2) is 60.8 Å². The van der Waals surface area contributed by atoms with Crippen molar-refractivity contribution in [3.8, 4) is 11.5 Å². The molecule has 3 amide bonds. The number of ether oxygens (including phenoxy) is 2. The number of rotatable bonds is 6. The normalized spacial score (nSPS) is 13.5. The zero-order chi connectivity index (χ0) is 25.5. The topological polar surface area (TPSA) is 96.0 Å². The summed E-state index contributed by atoms with van der Waals surface area (Å²) in [5.74, 6) is 1.36. The summed E-state index contributed by atoms with van der Waals surface area (Å²) in [6, 6.07) is 13.9. The fourth-order valence-corrected chi connectivity index (χ4v) is 4.01. The molecule has 0 radical (unpaired) electrons. The second-order valence-corrected chi connectivity index (χ2v) is 8.20. The minimum atomic E-state index is -0.491. The van der Waals surface area contributed by atoms with Crippen LogP contribution in [-0.2, 0) is 0 Å². The summed E-state index contributed by atoms with van der Waals surface area (Å²) in [6.45, 7) is 2.54. The van der Waals surface area contributed by atoms with E-state index in [2.05, 4.69) is 20.5 Å². The SMILES string of the molecule is COc1ccc(C(=O)N2CCCN(c3ccc(NC(=O)Nc4cccc(F)c4)cn3)CC2)cc1OC. The van der Waals surface area contributed by atoms with Gasteiger partial charge in [0, 0.05) is 37.4 Å². The van der Waals surface area contributed by atoms with Crippen molar-refractivity contribution in [3.05, 3.63) is 72.2 Å². The van der Waals surface area contributed by atoms with Crippen LogP contribution >= 0.6 is 0 Å². The summed E-state index contributed by atoms with van der Waals surface area (Å²) in [4.78, 5) is 33.7. The van der Waals surface area contributed by atoms with Crippen LogP contribution in [0.5, 0.6) is 11.5 Å². The molecule has 1 aromatic heterocycles. The third-order valence-electron chi connectivity index (χ3n) is 5.83. The molecule has 188 valence electrons. The molecule has 1 fully saturated rings. The standard InChI is InChI=1S/C26H28FN5O4/c1-35-22-9-7-18(15-23(22)36-2)25(33)32-12-4-11-31(13-14-32)24-10-8-21(17-28-24)30-26(34)29-20-6-3-5-19(27)16-20/h3,5-10,15-17H,4,11-14H2,1-2H3,(H2,29,30,34). The van der Waals surface area contributed by atoms with Crippen molar-refractivity contribution < 1.29 is 23.5 Å². The van der Waals surface area contributed by atoms with Crippen molar-refractivity contribution >= 4 is 29.1 Å². The Morgan fingerprint density at radius 1 is 0.889 bits per heavy atom. The van der Waals surface area contributed by atoms with E-state index in [0.717, 1.165) is 18.8 Å². The number of carbonyl (C=O) groups is 2. The van der Waals surface area contributed by atoms with E-state index in [0.29, 0.717) is 48.1 Å². The largest absolute Gasteiger partial charge is 0.493 e. The first-order valence-corrected chi connectivity index (χ1v) is 11.5. The Labute approximate surface area is 208 Å². The number of nitrogens with zero attached hydrogens (tertiary/aromatic N) is 3. The maximum absolute atomic E-state index is 13.3. The van der Waals surface area contributed by atoms with Gasteiger partial charge in [-0.15, -0.1) is 0 Å². The number of nitrogens with one attached hydrogen (secondary N) is 2. The van der Waals surface area contributed by atoms with Gasteiger partial charge in [0.2, 0.25) is 0 Å². The quantitative estimate of drug-likeness (QED) is 0.534. The monoisotopic (exact) mass is 493 g/mol. The average Bonchev–Trinajstić information content (AvgIpc) is 3.14. The Morgan fingerprint density at radius 2 is 1.69 bits per heavy atom. The maximum Gasteiger partial charge on any atom is 0.323 e. The minimum Gasteiger partial charge on any atom is -0.493 e. The Morgan fingerprint density at radius 3 is 2.42 bits per heavy atom. The molecule has 2 heterocycles. The Kier molecular flexibility index (Phi) is 7.84. The molecule has 1 saturated heterocycles. The highest BCUT2D eigenvalue weighted by Gasteiger charge is 2.22. The maximum atomic E-state index is 13.3. The van der Waals surface area contributed by atoms with Gasteiger partial charge in [0.1, 0.15) is 11.6 Å². The molecule has 0 saturated carbocycles. The van der Waals surface area contributed by atoms with Crippen molar-refractivity contribution in [3.63, 3.8) is 0 Å². The van der Waals surface area contributed by atoms with Crippen LogP contribution < -0.4 is 25.0 Å². The number of hydrogen-bond acceptors (Lipinski definition) is 6. The number of amides is 3. The molecule has 0 aliphatic carbocycles. The fraction of sp³-hybridized carbons (Fsp3) is 0.269. The molecule has 1 aliphatic rings. The van der Waals surface area contributed by atoms with Crippen LogP contribution in [0.2, 0.25) is 0 Å². The van der Waals surface area contributed by atoms with E-state index in [9.17, 15) is 14.0 Å². The molecule has 3 aromatic rings. The number of anilines is 3. The van der Waals surface area contributed by atoms with Gasteiger partial charge < -0.3 is 29.9 Å². The molecule has 0 spiro atoms. The number of urea groups is 1. The Hall–Kier alpha value is -4.34. The smallest absolute Gasteiger partial charge is 0.323 e. The highest BCUT2D eigenvalue weighted by Crippen LogP contribution is 2.28. The lowest BCUT2D eigenvalue weighted by Gasteiger charge is -2.23. The molecule has 1 aliphatic heterocycles. The van der Waals surface area contributed by atoms with E-state index < -0.39 is 11.8 Å². The van der Waals surface area contributed by atoms with Gasteiger partial charge in [-0.05, 0) is 55.0 Å². The summed E-state index contributed by atoms with van der Waals surface area (Å²) < 4.78 is 23.9. The van der Waals surface area contributed by atoms with Gasteiger partial charge in [0.15, 0.2) is 11.5 Å². The first-order valence-electron chi connectivity index (χ1n) is 11.5. The van der Waals surface area contributed by atoms with Gasteiger partial charge >= 0.3 is 6.03 Å². The predicted molar refractivity (Wildman–Crippen MR) is 136 cm³/mol. The number of halogens is 1. The molecule has 0 atom stereocenters. The minimum absolute atomic E-state index is 0.0605. The third kappa shape index (κ3) is 6.01. The van der Waals surface area contributed by atoms with Crippen molar-refractivity contribution in [2.24, 2.45) is 0 Å². The third-order valence-corrected chi connectivity index (χ3v) is 5.83. The number of methoxy groups -OCH3 is 2. The van der Waals surface area contributed by atoms with Gasteiger partial charge in [-0.3, -0.25) is 4.79 Å². The predicted octanol–water partition coefficient (Wildman–Crippen LogP) is 4.23. The van der Waals surface area contributed by atoms with E-state index in [4.69, 9.17) is 9.47 Å². The fourth-order valence-electron chi connectivity index (χ4n) is 4.01. The van der Waals surface area contributed by atoms with Gasteiger partial charge in [-0.2, -0.15) is 0 Å². The van der Waals surface area contributed by atoms with Crippen LogP contribution in [0.4, 0.5) is 26.4 Å². The molecule has 0 unspecified atom stereocenters.